The number of allylic oxidation sites excluding steroid dienone is 1. The first-order valence-corrected chi connectivity index (χ1v) is 9.25. The lowest BCUT2D eigenvalue weighted by atomic mass is 9.83. The number of nitrogens with one attached hydrogen (secondary N) is 2. The molecular weight excluding hydrogens is 308 g/mol. The van der Waals surface area contributed by atoms with Crippen LogP contribution in [0.5, 0.6) is 0 Å². The van der Waals surface area contributed by atoms with Gasteiger partial charge in [-0.1, -0.05) is 61.0 Å². The van der Waals surface area contributed by atoms with Gasteiger partial charge in [-0.3, -0.25) is 0 Å². The maximum absolute atomic E-state index is 6.23. The molecule has 25 heavy (non-hydrogen) atoms. The summed E-state index contributed by atoms with van der Waals surface area (Å²) >= 11 is 0. The number of hydrogen-bond donors (Lipinski definition) is 2. The third-order valence-electron chi connectivity index (χ3n) is 6.06. The summed E-state index contributed by atoms with van der Waals surface area (Å²) in [5.41, 5.74) is 8.16. The van der Waals surface area contributed by atoms with Gasteiger partial charge in [0.1, 0.15) is 6.10 Å². The quantitative estimate of drug-likeness (QED) is 0.812. The van der Waals surface area contributed by atoms with Crippen molar-refractivity contribution in [2.24, 2.45) is 0 Å². The second-order valence-corrected chi connectivity index (χ2v) is 7.44. The lowest BCUT2D eigenvalue weighted by Crippen LogP contribution is -2.49. The number of ether oxygens (including phenoxy) is 1. The van der Waals surface area contributed by atoms with Crippen molar-refractivity contribution >= 4 is 11.8 Å². The van der Waals surface area contributed by atoms with Gasteiger partial charge in [0, 0.05) is 23.7 Å². The molecule has 2 N–H and O–H groups in total. The maximum Gasteiger partial charge on any atom is 0.101 e. The molecule has 4 atom stereocenters. The fraction of sp³-hybridized carbons (Fsp3) is 0.364. The van der Waals surface area contributed by atoms with E-state index in [-0.39, 0.29) is 18.2 Å². The van der Waals surface area contributed by atoms with E-state index in [2.05, 4.69) is 73.0 Å². The molecule has 1 unspecified atom stereocenters. The lowest BCUT2D eigenvalue weighted by Gasteiger charge is -2.44. The number of fused-ring (bicyclic) bond motifs is 5. The third kappa shape index (κ3) is 2.26. The zero-order chi connectivity index (χ0) is 17.0. The van der Waals surface area contributed by atoms with Crippen LogP contribution in [0.15, 0.2) is 48.0 Å². The standard InChI is InChI=1S/C22H24N2O/c1-13-12-18-16(14(13)2)8-9-17-20(18)24-19(15-6-4-3-5-7-15)22-21(17)23-10-11-25-22/h3-9,12,14,19,21-24H,10-11H2,1-2H3/t14?,19-,21-,22-/m1/s1. The van der Waals surface area contributed by atoms with Crippen LogP contribution in [0.25, 0.3) is 6.08 Å². The van der Waals surface area contributed by atoms with E-state index in [9.17, 15) is 0 Å². The minimum Gasteiger partial charge on any atom is -0.375 e. The van der Waals surface area contributed by atoms with Crippen molar-refractivity contribution in [1.29, 1.82) is 0 Å². The lowest BCUT2D eigenvalue weighted by molar-refractivity contribution is -0.0194. The highest BCUT2D eigenvalue weighted by Crippen LogP contribution is 2.48. The van der Waals surface area contributed by atoms with Gasteiger partial charge in [-0.05, 0) is 23.6 Å². The normalized spacial score (nSPS) is 29.9. The van der Waals surface area contributed by atoms with Gasteiger partial charge in [-0.2, -0.15) is 0 Å². The summed E-state index contributed by atoms with van der Waals surface area (Å²) in [6.07, 6.45) is 2.48. The van der Waals surface area contributed by atoms with Crippen LogP contribution in [0.1, 0.15) is 54.1 Å². The van der Waals surface area contributed by atoms with Gasteiger partial charge in [0.25, 0.3) is 0 Å². The van der Waals surface area contributed by atoms with E-state index in [0.717, 1.165) is 13.2 Å². The van der Waals surface area contributed by atoms with Crippen molar-refractivity contribution < 1.29 is 4.74 Å². The summed E-state index contributed by atoms with van der Waals surface area (Å²) in [7, 11) is 0. The molecule has 5 rings (SSSR count). The number of rotatable bonds is 1. The molecule has 0 spiro atoms. The predicted octanol–water partition coefficient (Wildman–Crippen LogP) is 4.40. The predicted molar refractivity (Wildman–Crippen MR) is 102 cm³/mol. The Morgan fingerprint density at radius 3 is 2.64 bits per heavy atom. The summed E-state index contributed by atoms with van der Waals surface area (Å²) in [6, 6.07) is 15.7. The Morgan fingerprint density at radius 2 is 1.80 bits per heavy atom. The zero-order valence-corrected chi connectivity index (χ0v) is 14.8. The molecule has 2 aliphatic heterocycles. The Kier molecular flexibility index (Phi) is 3.47. The van der Waals surface area contributed by atoms with Crippen molar-refractivity contribution in [2.75, 3.05) is 18.5 Å². The average Bonchev–Trinajstić information content (AvgIpc) is 2.96. The molecule has 0 radical (unpaired) electrons. The average molecular weight is 332 g/mol. The van der Waals surface area contributed by atoms with E-state index < -0.39 is 0 Å². The van der Waals surface area contributed by atoms with E-state index >= 15 is 0 Å². The summed E-state index contributed by atoms with van der Waals surface area (Å²) in [5, 5.41) is 7.55. The van der Waals surface area contributed by atoms with Gasteiger partial charge in [-0.15, -0.1) is 0 Å². The summed E-state index contributed by atoms with van der Waals surface area (Å²) in [4.78, 5) is 0. The van der Waals surface area contributed by atoms with Crippen molar-refractivity contribution in [3.63, 3.8) is 0 Å². The van der Waals surface area contributed by atoms with E-state index in [1.165, 1.54) is 33.5 Å². The Balaban J connectivity index is 1.66. The maximum atomic E-state index is 6.23. The first-order chi connectivity index (χ1) is 12.2. The van der Waals surface area contributed by atoms with Crippen LogP contribution in [0.3, 0.4) is 0 Å². The van der Waals surface area contributed by atoms with E-state index in [4.69, 9.17) is 4.74 Å². The molecule has 1 aliphatic carbocycles. The Hall–Kier alpha value is -2.10. The topological polar surface area (TPSA) is 33.3 Å². The van der Waals surface area contributed by atoms with Gasteiger partial charge in [0.05, 0.1) is 18.7 Å². The van der Waals surface area contributed by atoms with Crippen molar-refractivity contribution in [3.8, 4) is 0 Å². The smallest absolute Gasteiger partial charge is 0.101 e. The minimum absolute atomic E-state index is 0.116. The number of benzene rings is 2. The molecule has 2 aromatic rings. The van der Waals surface area contributed by atoms with E-state index in [0.29, 0.717) is 5.92 Å². The second-order valence-electron chi connectivity index (χ2n) is 7.44. The largest absolute Gasteiger partial charge is 0.375 e. The van der Waals surface area contributed by atoms with Crippen molar-refractivity contribution in [2.45, 2.75) is 38.0 Å². The van der Waals surface area contributed by atoms with Crippen LogP contribution in [0, 0.1) is 0 Å². The van der Waals surface area contributed by atoms with Crippen LogP contribution < -0.4 is 10.6 Å². The first-order valence-electron chi connectivity index (χ1n) is 9.25. The van der Waals surface area contributed by atoms with E-state index in [1.54, 1.807) is 0 Å². The summed E-state index contributed by atoms with van der Waals surface area (Å²) in [6.45, 7) is 6.21. The van der Waals surface area contributed by atoms with Crippen LogP contribution in [-0.2, 0) is 4.74 Å². The first kappa shape index (κ1) is 15.2. The minimum atomic E-state index is 0.116. The monoisotopic (exact) mass is 332 g/mol. The van der Waals surface area contributed by atoms with Gasteiger partial charge in [-0.25, -0.2) is 0 Å². The van der Waals surface area contributed by atoms with Crippen LogP contribution >= 0.6 is 0 Å². The molecule has 3 heteroatoms. The fourth-order valence-corrected chi connectivity index (χ4v) is 4.57. The highest BCUT2D eigenvalue weighted by atomic mass is 16.5. The van der Waals surface area contributed by atoms with Crippen LogP contribution in [0.2, 0.25) is 0 Å². The number of hydrogen-bond acceptors (Lipinski definition) is 3. The zero-order valence-electron chi connectivity index (χ0n) is 14.8. The third-order valence-corrected chi connectivity index (χ3v) is 6.06. The molecule has 2 heterocycles. The summed E-state index contributed by atoms with van der Waals surface area (Å²) < 4.78 is 6.23. The molecule has 1 fully saturated rings. The molecule has 3 aliphatic rings. The highest BCUT2D eigenvalue weighted by molar-refractivity contribution is 5.80. The molecule has 0 aromatic heterocycles. The Bertz CT molecular complexity index is 843. The van der Waals surface area contributed by atoms with Crippen molar-refractivity contribution in [1.82, 2.24) is 5.32 Å². The van der Waals surface area contributed by atoms with Gasteiger partial charge in [0.2, 0.25) is 0 Å². The Labute approximate surface area is 149 Å². The molecule has 128 valence electrons. The van der Waals surface area contributed by atoms with Crippen molar-refractivity contribution in [3.05, 3.63) is 70.3 Å². The second kappa shape index (κ2) is 5.72. The SMILES string of the molecule is CC1=Cc2c(ccc3c2N[C@H](c2ccccc2)[C@H]2OCCN[C@H]32)C1C. The molecule has 3 nitrogen and oxygen atoms in total. The molecular formula is C22H24N2O. The number of anilines is 1. The van der Waals surface area contributed by atoms with Gasteiger partial charge >= 0.3 is 0 Å². The van der Waals surface area contributed by atoms with E-state index in [1.807, 2.05) is 0 Å². The summed E-state index contributed by atoms with van der Waals surface area (Å²) in [5.74, 6) is 0.505. The van der Waals surface area contributed by atoms with Gasteiger partial charge < -0.3 is 15.4 Å². The number of morpholine rings is 1. The Morgan fingerprint density at radius 1 is 1.00 bits per heavy atom. The fourth-order valence-electron chi connectivity index (χ4n) is 4.57. The molecule has 2 aromatic carbocycles. The van der Waals surface area contributed by atoms with Crippen LogP contribution in [-0.4, -0.2) is 19.3 Å². The van der Waals surface area contributed by atoms with Crippen LogP contribution in [0.4, 0.5) is 5.69 Å². The molecule has 0 saturated carbocycles. The molecule has 0 bridgehead atoms. The van der Waals surface area contributed by atoms with Gasteiger partial charge in [0.15, 0.2) is 0 Å². The molecule has 0 amide bonds. The molecule has 1 saturated heterocycles. The highest BCUT2D eigenvalue weighted by Gasteiger charge is 2.41.